The lowest BCUT2D eigenvalue weighted by atomic mass is 10.2. The van der Waals surface area contributed by atoms with Gasteiger partial charge in [0.25, 0.3) is 5.91 Å². The maximum atomic E-state index is 14.2. The van der Waals surface area contributed by atoms with Crippen LogP contribution in [-0.2, 0) is 11.3 Å². The van der Waals surface area contributed by atoms with Crippen LogP contribution in [0.1, 0.15) is 32.2 Å². The van der Waals surface area contributed by atoms with Crippen molar-refractivity contribution in [3.63, 3.8) is 0 Å². The zero-order valence-electron chi connectivity index (χ0n) is 20.7. The summed E-state index contributed by atoms with van der Waals surface area (Å²) in [6.07, 6.45) is 5.05. The van der Waals surface area contributed by atoms with Crippen molar-refractivity contribution in [2.75, 3.05) is 14.2 Å². The molecule has 0 radical (unpaired) electrons. The monoisotopic (exact) mass is 509 g/mol. The standard InChI is InChI=1S/C25H28FN7O2S/c1-25(2,3)36-21-13-33-19(12-29-22(33)10-20(21)35-5)15(27)9-17(28-4)24(34)30-11-18-23-14(26)7-6-8-16(23)31-32-18/h6-10,12-13H,11,27H2,1-5H3,(H,30,34)(H,31,32)/b15-9-,28-17?. The van der Waals surface area contributed by atoms with Crippen molar-refractivity contribution in [3.8, 4) is 5.75 Å². The van der Waals surface area contributed by atoms with Gasteiger partial charge >= 0.3 is 0 Å². The molecule has 0 saturated carbocycles. The average Bonchev–Trinajstić information content (AvgIpc) is 3.43. The second-order valence-electron chi connectivity index (χ2n) is 9.02. The van der Waals surface area contributed by atoms with Crippen LogP contribution in [0.25, 0.3) is 22.2 Å². The number of nitrogens with two attached hydrogens (primary N) is 1. The van der Waals surface area contributed by atoms with Crippen molar-refractivity contribution in [1.82, 2.24) is 24.9 Å². The molecule has 1 aromatic carbocycles. The minimum Gasteiger partial charge on any atom is -0.495 e. The first-order valence-corrected chi connectivity index (χ1v) is 12.0. The van der Waals surface area contributed by atoms with Gasteiger partial charge < -0.3 is 15.8 Å². The van der Waals surface area contributed by atoms with E-state index in [1.807, 2.05) is 16.7 Å². The first kappa shape index (κ1) is 25.2. The number of nitrogens with one attached hydrogen (secondary N) is 2. The van der Waals surface area contributed by atoms with E-state index < -0.39 is 11.7 Å². The van der Waals surface area contributed by atoms with Crippen molar-refractivity contribution in [2.45, 2.75) is 37.0 Å². The van der Waals surface area contributed by atoms with E-state index in [1.54, 1.807) is 37.2 Å². The minimum atomic E-state index is -0.459. The average molecular weight is 510 g/mol. The first-order valence-electron chi connectivity index (χ1n) is 11.2. The molecule has 0 aliphatic rings. The number of carbonyl (C=O) groups is 1. The summed E-state index contributed by atoms with van der Waals surface area (Å²) in [6, 6.07) is 6.47. The summed E-state index contributed by atoms with van der Waals surface area (Å²) in [5.41, 5.74) is 9.03. The number of thioether (sulfide) groups is 1. The van der Waals surface area contributed by atoms with Gasteiger partial charge in [0.15, 0.2) is 0 Å². The smallest absolute Gasteiger partial charge is 0.269 e. The molecule has 0 aliphatic carbocycles. The van der Waals surface area contributed by atoms with Crippen LogP contribution in [-0.4, -0.2) is 50.1 Å². The van der Waals surface area contributed by atoms with Crippen LogP contribution in [0.4, 0.5) is 4.39 Å². The molecule has 1 amide bonds. The number of benzene rings is 1. The van der Waals surface area contributed by atoms with E-state index in [0.29, 0.717) is 33.6 Å². The van der Waals surface area contributed by atoms with Crippen LogP contribution in [0.5, 0.6) is 5.75 Å². The molecule has 3 aromatic heterocycles. The van der Waals surface area contributed by atoms with Gasteiger partial charge in [-0.1, -0.05) is 26.8 Å². The molecule has 188 valence electrons. The number of aromatic nitrogens is 4. The van der Waals surface area contributed by atoms with Crippen molar-refractivity contribution >= 4 is 45.6 Å². The third kappa shape index (κ3) is 5.20. The van der Waals surface area contributed by atoms with E-state index in [1.165, 1.54) is 19.2 Å². The van der Waals surface area contributed by atoms with Crippen LogP contribution in [0, 0.1) is 5.82 Å². The molecule has 36 heavy (non-hydrogen) atoms. The molecule has 0 saturated heterocycles. The van der Waals surface area contributed by atoms with Crippen LogP contribution in [0.2, 0.25) is 0 Å². The van der Waals surface area contributed by atoms with Gasteiger partial charge in [-0.2, -0.15) is 5.10 Å². The maximum absolute atomic E-state index is 14.2. The number of hydrogen-bond donors (Lipinski definition) is 3. The molecule has 4 aromatic rings. The molecule has 4 N–H and O–H groups in total. The van der Waals surface area contributed by atoms with E-state index >= 15 is 0 Å². The van der Waals surface area contributed by atoms with Gasteiger partial charge in [0, 0.05) is 24.1 Å². The molecule has 0 unspecified atom stereocenters. The highest BCUT2D eigenvalue weighted by Crippen LogP contribution is 2.38. The minimum absolute atomic E-state index is 0.0356. The summed E-state index contributed by atoms with van der Waals surface area (Å²) in [5.74, 6) is -0.147. The molecule has 0 spiro atoms. The summed E-state index contributed by atoms with van der Waals surface area (Å²) in [5, 5.41) is 9.93. The van der Waals surface area contributed by atoms with Gasteiger partial charge in [-0.15, -0.1) is 11.8 Å². The van der Waals surface area contributed by atoms with E-state index in [9.17, 15) is 9.18 Å². The van der Waals surface area contributed by atoms with Gasteiger partial charge in [-0.25, -0.2) is 9.37 Å². The molecule has 11 heteroatoms. The highest BCUT2D eigenvalue weighted by atomic mass is 32.2. The van der Waals surface area contributed by atoms with Gasteiger partial charge in [0.2, 0.25) is 0 Å². The Hall–Kier alpha value is -3.86. The molecule has 3 heterocycles. The predicted octanol–water partition coefficient (Wildman–Crippen LogP) is 3.94. The van der Waals surface area contributed by atoms with E-state index in [4.69, 9.17) is 10.5 Å². The van der Waals surface area contributed by atoms with Gasteiger partial charge in [0.1, 0.15) is 22.9 Å². The number of fused-ring (bicyclic) bond motifs is 2. The molecule has 0 aliphatic heterocycles. The number of carbonyl (C=O) groups excluding carboxylic acids is 1. The summed E-state index contributed by atoms with van der Waals surface area (Å²) in [4.78, 5) is 22.3. The number of amides is 1. The first-order chi connectivity index (χ1) is 17.1. The number of ether oxygens (including phenoxy) is 1. The fourth-order valence-electron chi connectivity index (χ4n) is 3.69. The number of halogens is 1. The topological polar surface area (TPSA) is 123 Å². The quantitative estimate of drug-likeness (QED) is 0.256. The lowest BCUT2D eigenvalue weighted by Crippen LogP contribution is -2.30. The van der Waals surface area contributed by atoms with Crippen molar-refractivity contribution < 1.29 is 13.9 Å². The number of aromatic amines is 1. The van der Waals surface area contributed by atoms with E-state index in [-0.39, 0.29) is 17.0 Å². The normalized spacial score (nSPS) is 12.9. The Morgan fingerprint density at radius 2 is 2.17 bits per heavy atom. The summed E-state index contributed by atoms with van der Waals surface area (Å²) in [6.45, 7) is 6.40. The Balaban J connectivity index is 1.58. The SMILES string of the molecule is CN=C(/C=C(\N)c1cnc2cc(OC)c(SC(C)(C)C)cn12)C(=O)NCc1[nH]nc2cccc(F)c12. The number of rotatable bonds is 7. The number of pyridine rings is 1. The van der Waals surface area contributed by atoms with Gasteiger partial charge in [-0.05, 0) is 18.2 Å². The Bertz CT molecular complexity index is 1500. The van der Waals surface area contributed by atoms with Crippen LogP contribution in [0.15, 0.2) is 52.6 Å². The number of aliphatic imine (C=N–C) groups is 1. The van der Waals surface area contributed by atoms with Crippen molar-refractivity contribution in [2.24, 2.45) is 10.7 Å². The fraction of sp³-hybridized carbons (Fsp3) is 0.280. The molecule has 4 rings (SSSR count). The molecule has 0 fully saturated rings. The lowest BCUT2D eigenvalue weighted by molar-refractivity contribution is -0.114. The Morgan fingerprint density at radius 1 is 1.39 bits per heavy atom. The second kappa shape index (κ2) is 10.0. The van der Waals surface area contributed by atoms with Crippen molar-refractivity contribution in [3.05, 3.63) is 59.9 Å². The van der Waals surface area contributed by atoms with Crippen LogP contribution in [0.3, 0.4) is 0 Å². The number of imidazole rings is 1. The number of H-pyrrole nitrogens is 1. The largest absolute Gasteiger partial charge is 0.495 e. The molecular weight excluding hydrogens is 481 g/mol. The maximum Gasteiger partial charge on any atom is 0.269 e. The Labute approximate surface area is 212 Å². The number of hydrogen-bond acceptors (Lipinski definition) is 7. The number of methoxy groups -OCH3 is 1. The fourth-order valence-corrected chi connectivity index (χ4v) is 4.76. The van der Waals surface area contributed by atoms with Gasteiger partial charge in [-0.3, -0.25) is 19.3 Å². The molecule has 0 atom stereocenters. The third-order valence-electron chi connectivity index (χ3n) is 5.30. The summed E-state index contributed by atoms with van der Waals surface area (Å²) in [7, 11) is 3.13. The van der Waals surface area contributed by atoms with Crippen LogP contribution >= 0.6 is 11.8 Å². The lowest BCUT2D eigenvalue weighted by Gasteiger charge is -2.19. The highest BCUT2D eigenvalue weighted by molar-refractivity contribution is 8.00. The van der Waals surface area contributed by atoms with Crippen LogP contribution < -0.4 is 15.8 Å². The Morgan fingerprint density at radius 3 is 2.86 bits per heavy atom. The molecular formula is C25H28FN7O2S. The van der Waals surface area contributed by atoms with Crippen molar-refractivity contribution in [1.29, 1.82) is 0 Å². The molecule has 9 nitrogen and oxygen atoms in total. The summed E-state index contributed by atoms with van der Waals surface area (Å²) >= 11 is 1.66. The zero-order chi connectivity index (χ0) is 26.0. The molecule has 0 bridgehead atoms. The Kier molecular flexibility index (Phi) is 7.02. The predicted molar refractivity (Wildman–Crippen MR) is 141 cm³/mol. The number of nitrogens with zero attached hydrogens (tertiary/aromatic N) is 4. The van der Waals surface area contributed by atoms with Gasteiger partial charge in [0.05, 0.1) is 52.7 Å². The van der Waals surface area contributed by atoms with E-state index in [0.717, 1.165) is 10.6 Å². The second-order valence-corrected chi connectivity index (χ2v) is 10.9. The van der Waals surface area contributed by atoms with E-state index in [2.05, 4.69) is 46.3 Å². The third-order valence-corrected chi connectivity index (χ3v) is 6.44. The zero-order valence-corrected chi connectivity index (χ0v) is 21.5. The highest BCUT2D eigenvalue weighted by Gasteiger charge is 2.19. The summed E-state index contributed by atoms with van der Waals surface area (Å²) < 4.78 is 21.6.